The standard InChI is InChI=1S/C29H34N6/c1-29(2,3)22-12-10-20(11-13-22)28-32-24-8-5-9-25(27(24)33-28)35-16-14-34(15-17-35)18-21-6-4-7-23-26(21)31-19-30-23/h4-13,30-31H,14-19H2,1-3H3,(H,32,33). The minimum absolute atomic E-state index is 0.148. The van der Waals surface area contributed by atoms with Crippen LogP contribution in [0, 0.1) is 0 Å². The molecule has 180 valence electrons. The second-order valence-electron chi connectivity index (χ2n) is 10.7. The quantitative estimate of drug-likeness (QED) is 0.363. The van der Waals surface area contributed by atoms with Gasteiger partial charge < -0.3 is 20.5 Å². The summed E-state index contributed by atoms with van der Waals surface area (Å²) in [6.07, 6.45) is 0. The first kappa shape index (κ1) is 22.0. The number of piperazine rings is 1. The third-order valence-electron chi connectivity index (χ3n) is 7.32. The van der Waals surface area contributed by atoms with E-state index >= 15 is 0 Å². The number of para-hydroxylation sites is 2. The van der Waals surface area contributed by atoms with E-state index < -0.39 is 0 Å². The predicted octanol–water partition coefficient (Wildman–Crippen LogP) is 5.64. The van der Waals surface area contributed by atoms with E-state index in [1.165, 1.54) is 28.2 Å². The van der Waals surface area contributed by atoms with Crippen LogP contribution in [0.4, 0.5) is 17.1 Å². The maximum atomic E-state index is 5.05. The molecule has 0 aliphatic carbocycles. The van der Waals surface area contributed by atoms with Gasteiger partial charge >= 0.3 is 0 Å². The van der Waals surface area contributed by atoms with E-state index in [9.17, 15) is 0 Å². The number of fused-ring (bicyclic) bond motifs is 2. The van der Waals surface area contributed by atoms with Gasteiger partial charge in [-0.25, -0.2) is 4.98 Å². The van der Waals surface area contributed by atoms with Crippen molar-refractivity contribution in [1.29, 1.82) is 0 Å². The molecule has 6 rings (SSSR count). The van der Waals surface area contributed by atoms with Gasteiger partial charge in [-0.05, 0) is 34.7 Å². The molecule has 6 nitrogen and oxygen atoms in total. The third-order valence-corrected chi connectivity index (χ3v) is 7.32. The van der Waals surface area contributed by atoms with Crippen LogP contribution in [0.15, 0.2) is 60.7 Å². The molecule has 0 bridgehead atoms. The Morgan fingerprint density at radius 2 is 1.63 bits per heavy atom. The fourth-order valence-corrected chi connectivity index (χ4v) is 5.24. The van der Waals surface area contributed by atoms with Crippen molar-refractivity contribution >= 4 is 28.1 Å². The molecule has 0 radical (unpaired) electrons. The summed E-state index contributed by atoms with van der Waals surface area (Å²) < 4.78 is 0. The molecule has 35 heavy (non-hydrogen) atoms. The summed E-state index contributed by atoms with van der Waals surface area (Å²) in [4.78, 5) is 13.6. The minimum atomic E-state index is 0.148. The molecule has 2 aliphatic heterocycles. The van der Waals surface area contributed by atoms with Gasteiger partial charge in [0.2, 0.25) is 0 Å². The molecule has 2 aliphatic rings. The van der Waals surface area contributed by atoms with Crippen LogP contribution in [0.25, 0.3) is 22.4 Å². The fourth-order valence-electron chi connectivity index (χ4n) is 5.24. The van der Waals surface area contributed by atoms with Gasteiger partial charge in [0.25, 0.3) is 0 Å². The largest absolute Gasteiger partial charge is 0.367 e. The van der Waals surface area contributed by atoms with Gasteiger partial charge in [0.1, 0.15) is 11.3 Å². The molecule has 0 saturated carbocycles. The van der Waals surface area contributed by atoms with Crippen molar-refractivity contribution in [2.45, 2.75) is 32.7 Å². The summed E-state index contributed by atoms with van der Waals surface area (Å²) in [7, 11) is 0. The van der Waals surface area contributed by atoms with Gasteiger partial charge in [0, 0.05) is 38.3 Å². The highest BCUT2D eigenvalue weighted by atomic mass is 15.3. The van der Waals surface area contributed by atoms with Crippen LogP contribution >= 0.6 is 0 Å². The van der Waals surface area contributed by atoms with Crippen molar-refractivity contribution in [1.82, 2.24) is 14.9 Å². The maximum Gasteiger partial charge on any atom is 0.138 e. The van der Waals surface area contributed by atoms with Crippen molar-refractivity contribution in [3.63, 3.8) is 0 Å². The molecule has 3 aromatic carbocycles. The molecule has 3 heterocycles. The molecule has 4 aromatic rings. The lowest BCUT2D eigenvalue weighted by atomic mass is 9.87. The molecule has 0 spiro atoms. The highest BCUT2D eigenvalue weighted by molar-refractivity contribution is 5.91. The Balaban J connectivity index is 1.18. The Bertz CT molecular complexity index is 1340. The molecule has 0 unspecified atom stereocenters. The van der Waals surface area contributed by atoms with Gasteiger partial charge in [0.05, 0.1) is 29.2 Å². The third kappa shape index (κ3) is 4.23. The van der Waals surface area contributed by atoms with Gasteiger partial charge in [-0.1, -0.05) is 63.2 Å². The molecular formula is C29H34N6. The number of nitrogens with one attached hydrogen (secondary N) is 3. The summed E-state index contributed by atoms with van der Waals surface area (Å²) in [5.41, 5.74) is 9.85. The van der Waals surface area contributed by atoms with Gasteiger partial charge in [-0.3, -0.25) is 4.90 Å². The van der Waals surface area contributed by atoms with Crippen LogP contribution in [0.1, 0.15) is 31.9 Å². The minimum Gasteiger partial charge on any atom is -0.367 e. The molecule has 1 saturated heterocycles. The number of rotatable bonds is 4. The number of imidazole rings is 1. The second kappa shape index (κ2) is 8.61. The van der Waals surface area contributed by atoms with Crippen LogP contribution in [-0.2, 0) is 12.0 Å². The Kier molecular flexibility index (Phi) is 5.41. The van der Waals surface area contributed by atoms with Crippen molar-refractivity contribution in [2.75, 3.05) is 48.4 Å². The van der Waals surface area contributed by atoms with Crippen molar-refractivity contribution in [2.24, 2.45) is 0 Å². The zero-order valence-electron chi connectivity index (χ0n) is 20.9. The number of aromatic nitrogens is 2. The smallest absolute Gasteiger partial charge is 0.138 e. The molecule has 1 aromatic heterocycles. The lowest BCUT2D eigenvalue weighted by Gasteiger charge is -2.36. The second-order valence-corrected chi connectivity index (χ2v) is 10.7. The fraction of sp³-hybridized carbons (Fsp3) is 0.345. The zero-order chi connectivity index (χ0) is 24.0. The Morgan fingerprint density at radius 3 is 2.40 bits per heavy atom. The Labute approximate surface area is 207 Å². The molecule has 1 fully saturated rings. The van der Waals surface area contributed by atoms with E-state index in [1.807, 2.05) is 0 Å². The molecule has 0 atom stereocenters. The van der Waals surface area contributed by atoms with E-state index in [0.717, 1.165) is 61.8 Å². The first-order valence-electron chi connectivity index (χ1n) is 12.6. The number of hydrogen-bond donors (Lipinski definition) is 3. The van der Waals surface area contributed by atoms with Crippen LogP contribution in [-0.4, -0.2) is 47.7 Å². The molecule has 6 heteroatoms. The van der Waals surface area contributed by atoms with Gasteiger partial charge in [-0.2, -0.15) is 0 Å². The summed E-state index contributed by atoms with van der Waals surface area (Å²) in [6.45, 7) is 12.6. The van der Waals surface area contributed by atoms with Crippen LogP contribution in [0.5, 0.6) is 0 Å². The van der Waals surface area contributed by atoms with Crippen molar-refractivity contribution < 1.29 is 0 Å². The number of hydrogen-bond acceptors (Lipinski definition) is 5. The number of nitrogens with zero attached hydrogens (tertiary/aromatic N) is 3. The Hall–Kier alpha value is -3.51. The monoisotopic (exact) mass is 466 g/mol. The van der Waals surface area contributed by atoms with E-state index in [1.54, 1.807) is 0 Å². The van der Waals surface area contributed by atoms with Crippen LogP contribution in [0.2, 0.25) is 0 Å². The first-order chi connectivity index (χ1) is 17.0. The first-order valence-corrected chi connectivity index (χ1v) is 12.6. The summed E-state index contributed by atoms with van der Waals surface area (Å²) >= 11 is 0. The summed E-state index contributed by atoms with van der Waals surface area (Å²) in [6, 6.07) is 21.8. The maximum absolute atomic E-state index is 5.05. The summed E-state index contributed by atoms with van der Waals surface area (Å²) in [5, 5.41) is 6.88. The SMILES string of the molecule is CC(C)(C)c1ccc(-c2nc3c(N4CCN(Cc5cccc6c5NCN6)CC4)cccc3[nH]2)cc1. The normalized spacial score (nSPS) is 16.3. The highest BCUT2D eigenvalue weighted by Gasteiger charge is 2.22. The lowest BCUT2D eigenvalue weighted by molar-refractivity contribution is 0.250. The number of anilines is 3. The Morgan fingerprint density at radius 1 is 0.857 bits per heavy atom. The predicted molar refractivity (Wildman–Crippen MR) is 146 cm³/mol. The lowest BCUT2D eigenvalue weighted by Crippen LogP contribution is -2.46. The average molecular weight is 467 g/mol. The topological polar surface area (TPSA) is 59.2 Å². The van der Waals surface area contributed by atoms with Crippen LogP contribution in [0.3, 0.4) is 0 Å². The van der Waals surface area contributed by atoms with E-state index in [0.29, 0.717) is 0 Å². The summed E-state index contributed by atoms with van der Waals surface area (Å²) in [5.74, 6) is 0.936. The average Bonchev–Trinajstić information content (AvgIpc) is 3.52. The number of benzene rings is 3. The van der Waals surface area contributed by atoms with E-state index in [-0.39, 0.29) is 5.41 Å². The van der Waals surface area contributed by atoms with Crippen molar-refractivity contribution in [3.05, 3.63) is 71.8 Å². The molecule has 0 amide bonds. The molecular weight excluding hydrogens is 432 g/mol. The van der Waals surface area contributed by atoms with E-state index in [2.05, 4.69) is 107 Å². The van der Waals surface area contributed by atoms with Gasteiger partial charge in [0.15, 0.2) is 0 Å². The van der Waals surface area contributed by atoms with Crippen LogP contribution < -0.4 is 15.5 Å². The number of H-pyrrole nitrogens is 1. The number of aromatic amines is 1. The highest BCUT2D eigenvalue weighted by Crippen LogP contribution is 2.33. The molecule has 3 N–H and O–H groups in total. The van der Waals surface area contributed by atoms with Crippen molar-refractivity contribution in [3.8, 4) is 11.4 Å². The zero-order valence-corrected chi connectivity index (χ0v) is 20.9. The van der Waals surface area contributed by atoms with Gasteiger partial charge in [-0.15, -0.1) is 0 Å². The van der Waals surface area contributed by atoms with E-state index in [4.69, 9.17) is 4.98 Å².